The first-order valence-corrected chi connectivity index (χ1v) is 3.82. The molecular weight excluding hydrogens is 142 g/mol. The summed E-state index contributed by atoms with van der Waals surface area (Å²) in [5, 5.41) is 2.66. The zero-order valence-electron chi connectivity index (χ0n) is 7.52. The molecule has 0 radical (unpaired) electrons. The number of alkyl carbamates (subject to hydrolysis) is 1. The largest absolute Gasteiger partial charge is 0.441 e. The van der Waals surface area contributed by atoms with Crippen molar-refractivity contribution in [2.24, 2.45) is 5.41 Å². The Morgan fingerprint density at radius 2 is 2.09 bits per heavy atom. The molecule has 3 nitrogen and oxygen atoms in total. The second kappa shape index (κ2) is 2.13. The van der Waals surface area contributed by atoms with Gasteiger partial charge in [-0.25, -0.2) is 4.79 Å². The molecule has 1 amide bonds. The molecule has 1 heterocycles. The minimum atomic E-state index is -0.357. The van der Waals surface area contributed by atoms with Crippen LogP contribution in [0.5, 0.6) is 0 Å². The summed E-state index contributed by atoms with van der Waals surface area (Å²) in [4.78, 5) is 10.8. The van der Waals surface area contributed by atoms with E-state index < -0.39 is 0 Å². The summed E-state index contributed by atoms with van der Waals surface area (Å²) in [7, 11) is 0. The maximum atomic E-state index is 10.8. The summed E-state index contributed by atoms with van der Waals surface area (Å²) in [5.41, 5.74) is -0.365. The smallest absolute Gasteiger partial charge is 0.407 e. The zero-order valence-corrected chi connectivity index (χ0v) is 7.52. The molecule has 1 atom stereocenters. The number of carbonyl (C=O) groups excluding carboxylic acids is 1. The molecule has 0 aromatic carbocycles. The van der Waals surface area contributed by atoms with Gasteiger partial charge in [-0.3, -0.25) is 0 Å². The first-order chi connectivity index (χ1) is 4.85. The van der Waals surface area contributed by atoms with E-state index >= 15 is 0 Å². The van der Waals surface area contributed by atoms with Crippen LogP contribution >= 0.6 is 0 Å². The fraction of sp³-hybridized carbons (Fsp3) is 0.875. The molecule has 11 heavy (non-hydrogen) atoms. The second-order valence-electron chi connectivity index (χ2n) is 4.22. The van der Waals surface area contributed by atoms with E-state index in [0.29, 0.717) is 6.54 Å². The van der Waals surface area contributed by atoms with Gasteiger partial charge in [0.05, 0.1) is 6.54 Å². The number of hydrogen-bond acceptors (Lipinski definition) is 2. The van der Waals surface area contributed by atoms with Gasteiger partial charge in [0.15, 0.2) is 0 Å². The van der Waals surface area contributed by atoms with Crippen LogP contribution in [0.1, 0.15) is 27.7 Å². The van der Waals surface area contributed by atoms with Gasteiger partial charge in [-0.2, -0.15) is 0 Å². The SMILES string of the molecule is CC(C)(C)[C@]1(C)CNC(=O)O1. The van der Waals surface area contributed by atoms with Gasteiger partial charge >= 0.3 is 6.09 Å². The summed E-state index contributed by atoms with van der Waals surface area (Å²) < 4.78 is 5.16. The average Bonchev–Trinajstić information content (AvgIpc) is 2.10. The van der Waals surface area contributed by atoms with E-state index in [9.17, 15) is 4.79 Å². The monoisotopic (exact) mass is 157 g/mol. The highest BCUT2D eigenvalue weighted by Crippen LogP contribution is 2.35. The van der Waals surface area contributed by atoms with Gasteiger partial charge < -0.3 is 10.1 Å². The average molecular weight is 157 g/mol. The van der Waals surface area contributed by atoms with Crippen LogP contribution < -0.4 is 5.32 Å². The minimum Gasteiger partial charge on any atom is -0.441 e. The molecule has 0 aliphatic carbocycles. The molecule has 64 valence electrons. The van der Waals surface area contributed by atoms with Crippen LogP contribution in [-0.2, 0) is 4.74 Å². The van der Waals surface area contributed by atoms with Crippen molar-refractivity contribution in [3.05, 3.63) is 0 Å². The Hall–Kier alpha value is -0.730. The first-order valence-electron chi connectivity index (χ1n) is 3.82. The highest BCUT2D eigenvalue weighted by Gasteiger charge is 2.45. The van der Waals surface area contributed by atoms with Crippen LogP contribution in [0.15, 0.2) is 0 Å². The maximum absolute atomic E-state index is 10.8. The van der Waals surface area contributed by atoms with E-state index in [1.165, 1.54) is 0 Å². The molecule has 0 aromatic heterocycles. The summed E-state index contributed by atoms with van der Waals surface area (Å²) in [6.45, 7) is 8.74. The summed E-state index contributed by atoms with van der Waals surface area (Å²) in [6, 6.07) is 0. The Kier molecular flexibility index (Phi) is 1.62. The highest BCUT2D eigenvalue weighted by atomic mass is 16.6. The van der Waals surface area contributed by atoms with Crippen molar-refractivity contribution in [3.63, 3.8) is 0 Å². The predicted octanol–water partition coefficient (Wildman–Crippen LogP) is 1.53. The third-order valence-corrected chi connectivity index (χ3v) is 2.47. The van der Waals surface area contributed by atoms with Crippen LogP contribution in [0.25, 0.3) is 0 Å². The van der Waals surface area contributed by atoms with Gasteiger partial charge in [0.2, 0.25) is 0 Å². The van der Waals surface area contributed by atoms with Crippen molar-refractivity contribution in [3.8, 4) is 0 Å². The number of carbonyl (C=O) groups is 1. The van der Waals surface area contributed by atoms with Crippen molar-refractivity contribution in [2.45, 2.75) is 33.3 Å². The number of cyclic esters (lactones) is 1. The van der Waals surface area contributed by atoms with Crippen LogP contribution in [0.4, 0.5) is 4.79 Å². The molecule has 1 aliphatic heterocycles. The van der Waals surface area contributed by atoms with Crippen LogP contribution in [0.2, 0.25) is 0 Å². The van der Waals surface area contributed by atoms with Crippen LogP contribution in [0, 0.1) is 5.41 Å². The fourth-order valence-electron chi connectivity index (χ4n) is 0.936. The third kappa shape index (κ3) is 1.32. The molecule has 0 saturated carbocycles. The summed E-state index contributed by atoms with van der Waals surface area (Å²) in [5.74, 6) is 0. The van der Waals surface area contributed by atoms with Gasteiger partial charge in [-0.1, -0.05) is 20.8 Å². The van der Waals surface area contributed by atoms with Crippen molar-refractivity contribution in [2.75, 3.05) is 6.54 Å². The van der Waals surface area contributed by atoms with Crippen LogP contribution in [-0.4, -0.2) is 18.2 Å². The lowest BCUT2D eigenvalue weighted by molar-refractivity contribution is -0.0153. The minimum absolute atomic E-state index is 0.00778. The van der Waals surface area contributed by atoms with Gasteiger partial charge in [-0.05, 0) is 6.92 Å². The number of hydrogen-bond donors (Lipinski definition) is 1. The molecule has 0 unspecified atom stereocenters. The summed E-state index contributed by atoms with van der Waals surface area (Å²) in [6.07, 6.45) is -0.303. The van der Waals surface area contributed by atoms with E-state index in [0.717, 1.165) is 0 Å². The Morgan fingerprint density at radius 1 is 1.55 bits per heavy atom. The second-order valence-corrected chi connectivity index (χ2v) is 4.22. The van der Waals surface area contributed by atoms with E-state index in [1.54, 1.807) is 0 Å². The van der Waals surface area contributed by atoms with E-state index in [4.69, 9.17) is 4.74 Å². The molecule has 1 fully saturated rings. The lowest BCUT2D eigenvalue weighted by Crippen LogP contribution is -2.43. The summed E-state index contributed by atoms with van der Waals surface area (Å²) >= 11 is 0. The third-order valence-electron chi connectivity index (χ3n) is 2.47. The maximum Gasteiger partial charge on any atom is 0.407 e. The molecule has 3 heteroatoms. The molecular formula is C8H15NO2. The Bertz CT molecular complexity index is 183. The Balaban J connectivity index is 2.77. The molecule has 0 bridgehead atoms. The quantitative estimate of drug-likeness (QED) is 0.579. The van der Waals surface area contributed by atoms with Crippen molar-refractivity contribution in [1.29, 1.82) is 0 Å². The van der Waals surface area contributed by atoms with Gasteiger partial charge in [-0.15, -0.1) is 0 Å². The standard InChI is InChI=1S/C8H15NO2/c1-7(2,3)8(4)5-9-6(10)11-8/h5H2,1-4H3,(H,9,10)/t8-/m0/s1. The van der Waals surface area contributed by atoms with Crippen molar-refractivity contribution in [1.82, 2.24) is 5.32 Å². The van der Waals surface area contributed by atoms with E-state index in [-0.39, 0.29) is 17.1 Å². The number of ether oxygens (including phenoxy) is 1. The zero-order chi connectivity index (χ0) is 8.70. The topological polar surface area (TPSA) is 38.3 Å². The molecule has 1 saturated heterocycles. The van der Waals surface area contributed by atoms with Crippen molar-refractivity contribution < 1.29 is 9.53 Å². The Labute approximate surface area is 67.1 Å². The van der Waals surface area contributed by atoms with Crippen LogP contribution in [0.3, 0.4) is 0 Å². The number of rotatable bonds is 0. The van der Waals surface area contributed by atoms with Gasteiger partial charge in [0.1, 0.15) is 5.60 Å². The highest BCUT2D eigenvalue weighted by molar-refractivity contribution is 5.70. The lowest BCUT2D eigenvalue weighted by atomic mass is 9.78. The molecule has 1 aliphatic rings. The molecule has 0 spiro atoms. The molecule has 1 N–H and O–H groups in total. The normalized spacial score (nSPS) is 31.5. The molecule has 0 aromatic rings. The Morgan fingerprint density at radius 3 is 2.27 bits per heavy atom. The lowest BCUT2D eigenvalue weighted by Gasteiger charge is -2.35. The van der Waals surface area contributed by atoms with Gasteiger partial charge in [0.25, 0.3) is 0 Å². The van der Waals surface area contributed by atoms with E-state index in [2.05, 4.69) is 26.1 Å². The number of amides is 1. The van der Waals surface area contributed by atoms with Gasteiger partial charge in [0, 0.05) is 5.41 Å². The molecule has 1 rings (SSSR count). The number of nitrogens with one attached hydrogen (secondary N) is 1. The van der Waals surface area contributed by atoms with Crippen molar-refractivity contribution >= 4 is 6.09 Å². The predicted molar refractivity (Wildman–Crippen MR) is 42.3 cm³/mol. The van der Waals surface area contributed by atoms with E-state index in [1.807, 2.05) is 6.92 Å². The first kappa shape index (κ1) is 8.37. The fourth-order valence-corrected chi connectivity index (χ4v) is 0.936.